The number of hydrogen-bond donors (Lipinski definition) is 1. The van der Waals surface area contributed by atoms with Crippen LogP contribution in [0.3, 0.4) is 0 Å². The summed E-state index contributed by atoms with van der Waals surface area (Å²) in [6.45, 7) is 0.333. The predicted molar refractivity (Wildman–Crippen MR) is 69.2 cm³/mol. The zero-order valence-electron chi connectivity index (χ0n) is 10.9. The Morgan fingerprint density at radius 2 is 2.35 bits per heavy atom. The Bertz CT molecular complexity index is 579. The molecular formula is C13H15N5O2. The van der Waals surface area contributed by atoms with Crippen LogP contribution in [0.5, 0.6) is 0 Å². The molecule has 1 saturated carbocycles. The van der Waals surface area contributed by atoms with Crippen LogP contribution in [0.1, 0.15) is 30.1 Å². The summed E-state index contributed by atoms with van der Waals surface area (Å²) in [5, 5.41) is 7.96. The molecule has 7 nitrogen and oxygen atoms in total. The van der Waals surface area contributed by atoms with Gasteiger partial charge in [-0.2, -0.15) is 0 Å². The number of rotatable bonds is 6. The van der Waals surface area contributed by atoms with Gasteiger partial charge in [-0.3, -0.25) is 14.6 Å². The van der Waals surface area contributed by atoms with Crippen LogP contribution in [0.4, 0.5) is 0 Å². The minimum absolute atomic E-state index is 0.0991. The van der Waals surface area contributed by atoms with E-state index in [4.69, 9.17) is 4.84 Å². The molecule has 1 aliphatic carbocycles. The molecule has 1 aliphatic rings. The van der Waals surface area contributed by atoms with E-state index in [0.29, 0.717) is 5.92 Å². The molecular weight excluding hydrogens is 258 g/mol. The molecule has 0 unspecified atom stereocenters. The SMILES string of the molecule is O=C(Cn1cc(C2CC2)nn1)NOCc1ccccn1. The lowest BCUT2D eigenvalue weighted by atomic mass is 10.3. The van der Waals surface area contributed by atoms with Gasteiger partial charge in [0.15, 0.2) is 0 Å². The number of hydrogen-bond acceptors (Lipinski definition) is 5. The van der Waals surface area contributed by atoms with Gasteiger partial charge in [-0.05, 0) is 25.0 Å². The van der Waals surface area contributed by atoms with Crippen molar-refractivity contribution in [2.45, 2.75) is 31.9 Å². The summed E-state index contributed by atoms with van der Waals surface area (Å²) in [6.07, 6.45) is 5.82. The van der Waals surface area contributed by atoms with Crippen LogP contribution < -0.4 is 5.48 Å². The molecule has 3 rings (SSSR count). The second-order valence-corrected chi connectivity index (χ2v) is 4.75. The van der Waals surface area contributed by atoms with Crippen LogP contribution in [-0.2, 0) is 22.8 Å². The molecule has 2 aromatic heterocycles. The first kappa shape index (κ1) is 12.7. The largest absolute Gasteiger partial charge is 0.271 e. The zero-order valence-corrected chi connectivity index (χ0v) is 10.9. The van der Waals surface area contributed by atoms with E-state index in [1.165, 1.54) is 4.68 Å². The number of carbonyl (C=O) groups excluding carboxylic acids is 1. The lowest BCUT2D eigenvalue weighted by molar-refractivity contribution is -0.135. The van der Waals surface area contributed by atoms with Gasteiger partial charge in [-0.25, -0.2) is 10.2 Å². The lowest BCUT2D eigenvalue weighted by Gasteiger charge is -2.05. The number of nitrogens with one attached hydrogen (secondary N) is 1. The number of amides is 1. The van der Waals surface area contributed by atoms with E-state index in [0.717, 1.165) is 24.2 Å². The van der Waals surface area contributed by atoms with E-state index < -0.39 is 0 Å². The zero-order chi connectivity index (χ0) is 13.8. The molecule has 1 fully saturated rings. The maximum Gasteiger partial charge on any atom is 0.265 e. The molecule has 7 heteroatoms. The normalized spacial score (nSPS) is 14.2. The van der Waals surface area contributed by atoms with Crippen molar-refractivity contribution in [3.05, 3.63) is 42.0 Å². The number of carbonyl (C=O) groups is 1. The van der Waals surface area contributed by atoms with Crippen molar-refractivity contribution in [1.29, 1.82) is 0 Å². The van der Waals surface area contributed by atoms with Gasteiger partial charge in [-0.1, -0.05) is 11.3 Å². The van der Waals surface area contributed by atoms with E-state index in [9.17, 15) is 4.79 Å². The molecule has 2 aromatic rings. The number of hydroxylamine groups is 1. The quantitative estimate of drug-likeness (QED) is 0.787. The van der Waals surface area contributed by atoms with Crippen LogP contribution in [0, 0.1) is 0 Å². The summed E-state index contributed by atoms with van der Waals surface area (Å²) in [5.74, 6) is 0.264. The fourth-order valence-electron chi connectivity index (χ4n) is 1.81. The Morgan fingerprint density at radius 1 is 1.45 bits per heavy atom. The molecule has 0 aromatic carbocycles. The highest BCUT2D eigenvalue weighted by molar-refractivity contribution is 5.74. The third-order valence-electron chi connectivity index (χ3n) is 2.99. The van der Waals surface area contributed by atoms with Gasteiger partial charge in [0, 0.05) is 18.3 Å². The van der Waals surface area contributed by atoms with Gasteiger partial charge in [0.05, 0.1) is 11.4 Å². The molecule has 0 radical (unpaired) electrons. The Hall–Kier alpha value is -2.28. The number of pyridine rings is 1. The van der Waals surface area contributed by atoms with Gasteiger partial charge in [-0.15, -0.1) is 5.10 Å². The average molecular weight is 273 g/mol. The van der Waals surface area contributed by atoms with Gasteiger partial charge in [0.1, 0.15) is 13.2 Å². The molecule has 1 N–H and O–H groups in total. The molecule has 1 amide bonds. The van der Waals surface area contributed by atoms with Crippen molar-refractivity contribution in [3.63, 3.8) is 0 Å². The summed E-state index contributed by atoms with van der Waals surface area (Å²) in [6, 6.07) is 5.51. The van der Waals surface area contributed by atoms with Crippen molar-refractivity contribution in [1.82, 2.24) is 25.5 Å². The average Bonchev–Trinajstić information content (AvgIpc) is 3.21. The molecule has 0 aliphatic heterocycles. The van der Waals surface area contributed by atoms with Crippen molar-refractivity contribution < 1.29 is 9.63 Å². The third kappa shape index (κ3) is 3.39. The monoisotopic (exact) mass is 273 g/mol. The Labute approximate surface area is 115 Å². The maximum atomic E-state index is 11.7. The second kappa shape index (κ2) is 5.79. The van der Waals surface area contributed by atoms with Crippen molar-refractivity contribution in [2.75, 3.05) is 0 Å². The smallest absolute Gasteiger partial charge is 0.265 e. The van der Waals surface area contributed by atoms with Gasteiger partial charge >= 0.3 is 0 Å². The first-order valence-electron chi connectivity index (χ1n) is 6.52. The lowest BCUT2D eigenvalue weighted by Crippen LogP contribution is -2.28. The number of aromatic nitrogens is 4. The molecule has 0 spiro atoms. The summed E-state index contributed by atoms with van der Waals surface area (Å²) in [7, 11) is 0. The Balaban J connectivity index is 1.42. The summed E-state index contributed by atoms with van der Waals surface area (Å²) >= 11 is 0. The second-order valence-electron chi connectivity index (χ2n) is 4.75. The maximum absolute atomic E-state index is 11.7. The van der Waals surface area contributed by atoms with E-state index in [2.05, 4.69) is 20.8 Å². The highest BCUT2D eigenvalue weighted by Gasteiger charge is 2.26. The molecule has 2 heterocycles. The van der Waals surface area contributed by atoms with Gasteiger partial charge in [0.25, 0.3) is 5.91 Å². The van der Waals surface area contributed by atoms with E-state index >= 15 is 0 Å². The third-order valence-corrected chi connectivity index (χ3v) is 2.99. The topological polar surface area (TPSA) is 81.9 Å². The van der Waals surface area contributed by atoms with Crippen molar-refractivity contribution in [2.24, 2.45) is 0 Å². The molecule has 0 atom stereocenters. The first-order chi connectivity index (χ1) is 9.81. The standard InChI is InChI=1S/C13H15N5O2/c19-13(16-20-9-11-3-1-2-6-14-11)8-18-7-12(15-17-18)10-4-5-10/h1-3,6-7,10H,4-5,8-9H2,(H,16,19). The van der Waals surface area contributed by atoms with Crippen molar-refractivity contribution >= 4 is 5.91 Å². The van der Waals surface area contributed by atoms with Gasteiger partial charge in [0.2, 0.25) is 0 Å². The van der Waals surface area contributed by atoms with Gasteiger partial charge < -0.3 is 0 Å². The summed E-state index contributed by atoms with van der Waals surface area (Å²) < 4.78 is 1.52. The Kier molecular flexibility index (Phi) is 3.69. The Morgan fingerprint density at radius 3 is 3.10 bits per heavy atom. The fraction of sp³-hybridized carbons (Fsp3) is 0.385. The van der Waals surface area contributed by atoms with Crippen LogP contribution >= 0.6 is 0 Å². The summed E-state index contributed by atoms with van der Waals surface area (Å²) in [5.41, 5.74) is 4.09. The minimum atomic E-state index is -0.270. The van der Waals surface area contributed by atoms with E-state index in [1.54, 1.807) is 6.20 Å². The number of nitrogens with zero attached hydrogens (tertiary/aromatic N) is 4. The van der Waals surface area contributed by atoms with Crippen molar-refractivity contribution in [3.8, 4) is 0 Å². The fourth-order valence-corrected chi connectivity index (χ4v) is 1.81. The highest BCUT2D eigenvalue weighted by atomic mass is 16.6. The van der Waals surface area contributed by atoms with Crippen LogP contribution in [0.15, 0.2) is 30.6 Å². The molecule has 104 valence electrons. The van der Waals surface area contributed by atoms with Crippen LogP contribution in [0.2, 0.25) is 0 Å². The molecule has 0 saturated heterocycles. The van der Waals surface area contributed by atoms with E-state index in [1.807, 2.05) is 24.4 Å². The van der Waals surface area contributed by atoms with Crippen LogP contribution in [-0.4, -0.2) is 25.9 Å². The van der Waals surface area contributed by atoms with Crippen LogP contribution in [0.25, 0.3) is 0 Å². The van der Waals surface area contributed by atoms with E-state index in [-0.39, 0.29) is 19.1 Å². The summed E-state index contributed by atoms with van der Waals surface area (Å²) in [4.78, 5) is 20.8. The predicted octanol–water partition coefficient (Wildman–Crippen LogP) is 0.798. The highest BCUT2D eigenvalue weighted by Crippen LogP contribution is 2.38. The molecule has 20 heavy (non-hydrogen) atoms. The molecule has 0 bridgehead atoms. The first-order valence-corrected chi connectivity index (χ1v) is 6.52. The minimum Gasteiger partial charge on any atom is -0.271 e.